The van der Waals surface area contributed by atoms with Crippen molar-refractivity contribution in [2.24, 2.45) is 0 Å². The Morgan fingerprint density at radius 1 is 0.875 bits per heavy atom. The van der Waals surface area contributed by atoms with Crippen LogP contribution in [0.2, 0.25) is 0 Å². The molecule has 0 aromatic heterocycles. The molecule has 0 radical (unpaired) electrons. The number of benzene rings is 3. The molecule has 2 aliphatic rings. The number of thiocarbonyl (C=S) groups is 1. The molecular formula is C26H20N2OS3. The standard InChI is InChI=1S/C26H20N2OS3/c1-2-27-21-17-19(18-9-5-3-6-10-18)13-14-22(21)31-24(27)16-15-23-25(29)28(26(30)32-23)20-11-7-4-8-12-20/h3-17H,2H2,1H3/b23-15+,24-16-. The van der Waals surface area contributed by atoms with E-state index in [0.717, 1.165) is 17.3 Å². The summed E-state index contributed by atoms with van der Waals surface area (Å²) in [6, 6.07) is 26.6. The summed E-state index contributed by atoms with van der Waals surface area (Å²) >= 11 is 8.56. The molecule has 3 aromatic carbocycles. The first-order valence-electron chi connectivity index (χ1n) is 10.3. The summed E-state index contributed by atoms with van der Waals surface area (Å²) in [6.07, 6.45) is 3.94. The maximum absolute atomic E-state index is 13.0. The lowest BCUT2D eigenvalue weighted by Crippen LogP contribution is -2.27. The predicted molar refractivity (Wildman–Crippen MR) is 141 cm³/mol. The Labute approximate surface area is 201 Å². The highest BCUT2D eigenvalue weighted by Crippen LogP contribution is 2.47. The Bertz CT molecular complexity index is 1250. The minimum Gasteiger partial charge on any atom is -0.335 e. The maximum Gasteiger partial charge on any atom is 0.270 e. The minimum absolute atomic E-state index is 0.0713. The molecule has 0 N–H and O–H groups in total. The molecule has 3 nitrogen and oxygen atoms in total. The van der Waals surface area contributed by atoms with Crippen LogP contribution < -0.4 is 9.80 Å². The first kappa shape index (κ1) is 21.1. The van der Waals surface area contributed by atoms with Crippen molar-refractivity contribution in [3.63, 3.8) is 0 Å². The lowest BCUT2D eigenvalue weighted by atomic mass is 10.0. The largest absolute Gasteiger partial charge is 0.335 e. The van der Waals surface area contributed by atoms with Crippen LogP contribution in [0.25, 0.3) is 11.1 Å². The molecule has 1 fully saturated rings. The van der Waals surface area contributed by atoms with E-state index in [1.54, 1.807) is 16.7 Å². The van der Waals surface area contributed by atoms with E-state index in [1.807, 2.05) is 48.6 Å². The van der Waals surface area contributed by atoms with E-state index in [-0.39, 0.29) is 5.91 Å². The Kier molecular flexibility index (Phi) is 5.91. The van der Waals surface area contributed by atoms with Gasteiger partial charge in [0, 0.05) is 11.4 Å². The van der Waals surface area contributed by atoms with Gasteiger partial charge < -0.3 is 4.90 Å². The third kappa shape index (κ3) is 3.90. The van der Waals surface area contributed by atoms with Crippen molar-refractivity contribution < 1.29 is 4.79 Å². The molecule has 3 aromatic rings. The van der Waals surface area contributed by atoms with Gasteiger partial charge in [-0.05, 0) is 54.5 Å². The van der Waals surface area contributed by atoms with Crippen molar-refractivity contribution in [1.82, 2.24) is 0 Å². The summed E-state index contributed by atoms with van der Waals surface area (Å²) < 4.78 is 0.563. The maximum atomic E-state index is 13.0. The van der Waals surface area contributed by atoms with Crippen LogP contribution in [0.5, 0.6) is 0 Å². The highest BCUT2D eigenvalue weighted by molar-refractivity contribution is 8.27. The second-order valence-electron chi connectivity index (χ2n) is 7.27. The van der Waals surface area contributed by atoms with E-state index >= 15 is 0 Å². The number of hydrogen-bond acceptors (Lipinski definition) is 5. The molecule has 32 heavy (non-hydrogen) atoms. The molecule has 0 spiro atoms. The zero-order chi connectivity index (χ0) is 22.1. The number of carbonyl (C=O) groups is 1. The van der Waals surface area contributed by atoms with E-state index in [1.165, 1.54) is 33.5 Å². The molecule has 158 valence electrons. The smallest absolute Gasteiger partial charge is 0.270 e. The highest BCUT2D eigenvalue weighted by Gasteiger charge is 2.33. The van der Waals surface area contributed by atoms with E-state index in [0.29, 0.717) is 9.23 Å². The lowest BCUT2D eigenvalue weighted by Gasteiger charge is -2.18. The number of rotatable bonds is 4. The van der Waals surface area contributed by atoms with Crippen LogP contribution in [0.3, 0.4) is 0 Å². The second-order valence-corrected chi connectivity index (χ2v) is 10.0. The summed E-state index contributed by atoms with van der Waals surface area (Å²) in [5.74, 6) is -0.0713. The molecule has 1 saturated heterocycles. The van der Waals surface area contributed by atoms with Gasteiger partial charge in [0.05, 0.1) is 21.3 Å². The average Bonchev–Trinajstić information content (AvgIpc) is 3.33. The summed E-state index contributed by atoms with van der Waals surface area (Å²) in [4.78, 5) is 18.8. The SMILES string of the molecule is CCN1/C(=C/C=C2/SC(=S)N(c3ccccc3)C2=O)Sc2ccc(-c3ccccc3)cc21. The minimum atomic E-state index is -0.0713. The molecular weight excluding hydrogens is 453 g/mol. The van der Waals surface area contributed by atoms with Crippen LogP contribution in [0, 0.1) is 0 Å². The molecule has 6 heteroatoms. The second kappa shape index (κ2) is 8.98. The van der Waals surface area contributed by atoms with Gasteiger partial charge in [-0.1, -0.05) is 90.3 Å². The van der Waals surface area contributed by atoms with Gasteiger partial charge in [0.25, 0.3) is 5.91 Å². The van der Waals surface area contributed by atoms with Crippen LogP contribution in [0.15, 0.2) is 106 Å². The average molecular weight is 473 g/mol. The van der Waals surface area contributed by atoms with Crippen molar-refractivity contribution in [3.05, 3.63) is 101 Å². The fourth-order valence-electron chi connectivity index (χ4n) is 3.79. The zero-order valence-corrected chi connectivity index (χ0v) is 19.8. The Morgan fingerprint density at radius 3 is 2.31 bits per heavy atom. The van der Waals surface area contributed by atoms with Crippen molar-refractivity contribution >= 4 is 57.3 Å². The van der Waals surface area contributed by atoms with E-state index in [9.17, 15) is 4.79 Å². The van der Waals surface area contributed by atoms with Gasteiger partial charge in [-0.3, -0.25) is 9.69 Å². The number of para-hydroxylation sites is 1. The molecule has 0 bridgehead atoms. The fraction of sp³-hybridized carbons (Fsp3) is 0.0769. The third-order valence-electron chi connectivity index (χ3n) is 5.34. The van der Waals surface area contributed by atoms with E-state index < -0.39 is 0 Å². The molecule has 5 rings (SSSR count). The number of amides is 1. The number of anilines is 2. The van der Waals surface area contributed by atoms with Gasteiger partial charge in [-0.2, -0.15) is 0 Å². The number of carbonyl (C=O) groups excluding carboxylic acids is 1. The topological polar surface area (TPSA) is 23.6 Å². The molecule has 2 aliphatic heterocycles. The quantitative estimate of drug-likeness (QED) is 0.298. The van der Waals surface area contributed by atoms with Crippen molar-refractivity contribution in [3.8, 4) is 11.1 Å². The number of nitrogens with zero attached hydrogens (tertiary/aromatic N) is 2. The summed E-state index contributed by atoms with van der Waals surface area (Å²) in [7, 11) is 0. The van der Waals surface area contributed by atoms with E-state index in [2.05, 4.69) is 54.3 Å². The molecule has 2 heterocycles. The lowest BCUT2D eigenvalue weighted by molar-refractivity contribution is -0.113. The molecule has 0 aliphatic carbocycles. The molecule has 0 unspecified atom stereocenters. The summed E-state index contributed by atoms with van der Waals surface area (Å²) in [6.45, 7) is 3.00. The van der Waals surface area contributed by atoms with Gasteiger partial charge >= 0.3 is 0 Å². The van der Waals surface area contributed by atoms with Gasteiger partial charge in [0.1, 0.15) is 0 Å². The zero-order valence-electron chi connectivity index (χ0n) is 17.4. The van der Waals surface area contributed by atoms with Gasteiger partial charge in [-0.25, -0.2) is 0 Å². The van der Waals surface area contributed by atoms with Gasteiger partial charge in [0.2, 0.25) is 0 Å². The van der Waals surface area contributed by atoms with Crippen LogP contribution in [0.1, 0.15) is 6.92 Å². The van der Waals surface area contributed by atoms with Gasteiger partial charge in [-0.15, -0.1) is 0 Å². The Balaban J connectivity index is 1.42. The number of allylic oxidation sites excluding steroid dienone is 2. The first-order chi connectivity index (χ1) is 15.7. The number of fused-ring (bicyclic) bond motifs is 1. The van der Waals surface area contributed by atoms with Crippen molar-refractivity contribution in [2.75, 3.05) is 16.3 Å². The Morgan fingerprint density at radius 2 is 1.59 bits per heavy atom. The number of hydrogen-bond donors (Lipinski definition) is 0. The fourth-order valence-corrected chi connectivity index (χ4v) is 6.14. The van der Waals surface area contributed by atoms with Crippen molar-refractivity contribution in [2.45, 2.75) is 11.8 Å². The van der Waals surface area contributed by atoms with Crippen LogP contribution >= 0.6 is 35.7 Å². The van der Waals surface area contributed by atoms with Crippen LogP contribution in [0.4, 0.5) is 11.4 Å². The van der Waals surface area contributed by atoms with Crippen LogP contribution in [-0.2, 0) is 4.79 Å². The third-order valence-corrected chi connectivity index (χ3v) is 7.79. The van der Waals surface area contributed by atoms with E-state index in [4.69, 9.17) is 12.2 Å². The summed E-state index contributed by atoms with van der Waals surface area (Å²) in [5.41, 5.74) is 4.42. The van der Waals surface area contributed by atoms with Gasteiger partial charge in [0.15, 0.2) is 4.32 Å². The number of thioether (sulfide) groups is 2. The molecule has 0 saturated carbocycles. The summed E-state index contributed by atoms with van der Waals surface area (Å²) in [5, 5.41) is 1.11. The monoisotopic (exact) mass is 472 g/mol. The molecule has 0 atom stereocenters. The van der Waals surface area contributed by atoms with Crippen LogP contribution in [-0.4, -0.2) is 16.8 Å². The normalized spacial score (nSPS) is 18.2. The first-order valence-corrected chi connectivity index (χ1v) is 12.4. The predicted octanol–water partition coefficient (Wildman–Crippen LogP) is 7.08. The molecule has 1 amide bonds. The Hall–Kier alpha value is -2.80. The highest BCUT2D eigenvalue weighted by atomic mass is 32.2. The van der Waals surface area contributed by atoms with Crippen molar-refractivity contribution in [1.29, 1.82) is 0 Å².